The Hall–Kier alpha value is 0.620. The number of hydrogen-bond donors (Lipinski definition) is 0. The second-order valence-corrected chi connectivity index (χ2v) is 7.78. The zero-order valence-corrected chi connectivity index (χ0v) is 13.0. The zero-order valence-electron chi connectivity index (χ0n) is 11.4. The predicted molar refractivity (Wildman–Crippen MR) is 81.3 cm³/mol. The van der Waals surface area contributed by atoms with E-state index in [0.29, 0.717) is 6.04 Å². The van der Waals surface area contributed by atoms with Crippen molar-refractivity contribution in [1.29, 1.82) is 0 Å². The molecule has 2 rings (SSSR count). The van der Waals surface area contributed by atoms with E-state index in [1.807, 2.05) is 0 Å². The fraction of sp³-hybridized carbons (Fsp3) is 1.00. The lowest BCUT2D eigenvalue weighted by Crippen LogP contribution is -2.57. The summed E-state index contributed by atoms with van der Waals surface area (Å²) < 4.78 is 0. The second-order valence-electron chi connectivity index (χ2n) is 5.48. The smallest absolute Gasteiger partial charge is 0.0278 e. The Morgan fingerprint density at radius 2 is 1.71 bits per heavy atom. The van der Waals surface area contributed by atoms with Crippen LogP contribution < -0.4 is 0 Å². The minimum atomic E-state index is 0.699. The van der Waals surface area contributed by atoms with Crippen molar-refractivity contribution >= 4 is 23.5 Å². The maximum Gasteiger partial charge on any atom is 0.0278 e. The Kier molecular flexibility index (Phi) is 5.52. The molecule has 0 N–H and O–H groups in total. The topological polar surface area (TPSA) is 6.48 Å². The molecule has 4 heteroatoms. The molecule has 17 heavy (non-hydrogen) atoms. The van der Waals surface area contributed by atoms with Crippen LogP contribution in [0.1, 0.15) is 20.8 Å². The molecular weight excluding hydrogens is 248 g/mol. The van der Waals surface area contributed by atoms with Crippen molar-refractivity contribution in [2.45, 2.75) is 38.9 Å². The lowest BCUT2D eigenvalue weighted by atomic mass is 10.1. The fourth-order valence-electron chi connectivity index (χ4n) is 2.91. The summed E-state index contributed by atoms with van der Waals surface area (Å²) in [7, 11) is 0. The van der Waals surface area contributed by atoms with E-state index in [9.17, 15) is 0 Å². The molecule has 1 atom stereocenters. The average Bonchev–Trinajstić information content (AvgIpc) is 2.56. The third-order valence-electron chi connectivity index (χ3n) is 3.88. The number of nitrogens with zero attached hydrogens (tertiary/aromatic N) is 2. The van der Waals surface area contributed by atoms with Gasteiger partial charge in [-0.1, -0.05) is 0 Å². The van der Waals surface area contributed by atoms with E-state index in [-0.39, 0.29) is 0 Å². The summed E-state index contributed by atoms with van der Waals surface area (Å²) in [6.45, 7) is 10.8. The monoisotopic (exact) mass is 274 g/mol. The summed E-state index contributed by atoms with van der Waals surface area (Å²) in [5.41, 5.74) is 0. The van der Waals surface area contributed by atoms with Crippen molar-refractivity contribution in [3.05, 3.63) is 0 Å². The first-order chi connectivity index (χ1) is 8.18. The van der Waals surface area contributed by atoms with Crippen LogP contribution in [0.15, 0.2) is 0 Å². The Morgan fingerprint density at radius 1 is 1.06 bits per heavy atom. The van der Waals surface area contributed by atoms with Gasteiger partial charge < -0.3 is 0 Å². The first-order valence-corrected chi connectivity index (χ1v) is 9.14. The third kappa shape index (κ3) is 3.79. The first kappa shape index (κ1) is 14.0. The highest BCUT2D eigenvalue weighted by molar-refractivity contribution is 8.03. The largest absolute Gasteiger partial charge is 0.296 e. The number of piperazine rings is 1. The van der Waals surface area contributed by atoms with Crippen LogP contribution in [0.2, 0.25) is 0 Å². The molecule has 0 saturated carbocycles. The molecule has 0 bridgehead atoms. The van der Waals surface area contributed by atoms with Crippen molar-refractivity contribution < 1.29 is 0 Å². The molecule has 2 aliphatic rings. The van der Waals surface area contributed by atoms with Gasteiger partial charge in [-0.15, -0.1) is 0 Å². The molecule has 0 unspecified atom stereocenters. The molecule has 2 heterocycles. The summed E-state index contributed by atoms with van der Waals surface area (Å²) in [5.74, 6) is 5.40. The van der Waals surface area contributed by atoms with Gasteiger partial charge in [0.2, 0.25) is 0 Å². The molecule has 2 nitrogen and oxygen atoms in total. The minimum Gasteiger partial charge on any atom is -0.296 e. The van der Waals surface area contributed by atoms with E-state index in [0.717, 1.165) is 12.1 Å². The molecular formula is C13H26N2S2. The average molecular weight is 274 g/mol. The van der Waals surface area contributed by atoms with Gasteiger partial charge in [0.1, 0.15) is 0 Å². The van der Waals surface area contributed by atoms with Gasteiger partial charge in [0.25, 0.3) is 0 Å². The Morgan fingerprint density at radius 3 is 2.24 bits per heavy atom. The number of hydrogen-bond acceptors (Lipinski definition) is 4. The minimum absolute atomic E-state index is 0.699. The van der Waals surface area contributed by atoms with Crippen LogP contribution in [-0.2, 0) is 0 Å². The molecule has 0 aromatic carbocycles. The normalized spacial score (nSPS) is 30.7. The molecule has 100 valence electrons. The molecule has 0 radical (unpaired) electrons. The van der Waals surface area contributed by atoms with Crippen molar-refractivity contribution in [3.63, 3.8) is 0 Å². The van der Waals surface area contributed by atoms with Gasteiger partial charge in [-0.2, -0.15) is 23.5 Å². The summed E-state index contributed by atoms with van der Waals surface area (Å²) >= 11 is 4.30. The van der Waals surface area contributed by atoms with E-state index in [2.05, 4.69) is 54.1 Å². The van der Waals surface area contributed by atoms with Crippen molar-refractivity contribution in [3.8, 4) is 0 Å². The van der Waals surface area contributed by atoms with Gasteiger partial charge in [0.15, 0.2) is 0 Å². The van der Waals surface area contributed by atoms with Crippen LogP contribution in [0, 0.1) is 0 Å². The van der Waals surface area contributed by atoms with Gasteiger partial charge in [-0.3, -0.25) is 9.80 Å². The Bertz CT molecular complexity index is 227. The summed E-state index contributed by atoms with van der Waals surface area (Å²) in [6, 6.07) is 2.25. The van der Waals surface area contributed by atoms with E-state index < -0.39 is 0 Å². The standard InChI is InChI=1S/C13H26N2S2/c1-11(2)15-5-4-14(8-12(15)3)13-9-16-6-7-17-10-13/h11-13H,4-10H2,1-3H3/t12-/m1/s1. The Labute approximate surface area is 115 Å². The van der Waals surface area contributed by atoms with Crippen molar-refractivity contribution in [2.75, 3.05) is 42.6 Å². The first-order valence-electron chi connectivity index (χ1n) is 6.83. The van der Waals surface area contributed by atoms with E-state index in [1.165, 1.54) is 42.6 Å². The SMILES string of the molecule is CC(C)N1CCN(C2CSCCSC2)C[C@H]1C. The third-order valence-corrected chi connectivity index (χ3v) is 6.37. The van der Waals surface area contributed by atoms with E-state index >= 15 is 0 Å². The summed E-state index contributed by atoms with van der Waals surface area (Å²) in [6.07, 6.45) is 0. The molecule has 0 amide bonds. The Balaban J connectivity index is 1.87. The lowest BCUT2D eigenvalue weighted by Gasteiger charge is -2.44. The molecule has 2 fully saturated rings. The van der Waals surface area contributed by atoms with Crippen LogP contribution in [0.3, 0.4) is 0 Å². The lowest BCUT2D eigenvalue weighted by molar-refractivity contribution is 0.0467. The number of rotatable bonds is 2. The van der Waals surface area contributed by atoms with Gasteiger partial charge in [0, 0.05) is 60.8 Å². The molecule has 0 aromatic rings. The number of thioether (sulfide) groups is 2. The molecule has 0 spiro atoms. The highest BCUT2D eigenvalue weighted by atomic mass is 32.2. The van der Waals surface area contributed by atoms with Crippen LogP contribution in [-0.4, -0.2) is 70.6 Å². The molecule has 2 aliphatic heterocycles. The molecule has 0 aliphatic carbocycles. The van der Waals surface area contributed by atoms with E-state index in [1.54, 1.807) is 0 Å². The highest BCUT2D eigenvalue weighted by Gasteiger charge is 2.29. The van der Waals surface area contributed by atoms with Gasteiger partial charge in [-0.05, 0) is 20.8 Å². The molecule has 2 saturated heterocycles. The fourth-order valence-corrected chi connectivity index (χ4v) is 5.54. The van der Waals surface area contributed by atoms with Crippen LogP contribution in [0.4, 0.5) is 0 Å². The maximum absolute atomic E-state index is 2.74. The van der Waals surface area contributed by atoms with Crippen molar-refractivity contribution in [1.82, 2.24) is 9.80 Å². The van der Waals surface area contributed by atoms with Crippen LogP contribution in [0.25, 0.3) is 0 Å². The van der Waals surface area contributed by atoms with Gasteiger partial charge >= 0.3 is 0 Å². The van der Waals surface area contributed by atoms with Crippen LogP contribution in [0.5, 0.6) is 0 Å². The van der Waals surface area contributed by atoms with E-state index in [4.69, 9.17) is 0 Å². The molecule has 0 aromatic heterocycles. The highest BCUT2D eigenvalue weighted by Crippen LogP contribution is 2.23. The second kappa shape index (κ2) is 6.69. The van der Waals surface area contributed by atoms with Crippen LogP contribution >= 0.6 is 23.5 Å². The van der Waals surface area contributed by atoms with Crippen molar-refractivity contribution in [2.24, 2.45) is 0 Å². The zero-order chi connectivity index (χ0) is 12.3. The summed E-state index contributed by atoms with van der Waals surface area (Å²) in [4.78, 5) is 5.39. The summed E-state index contributed by atoms with van der Waals surface area (Å²) in [5, 5.41) is 0. The van der Waals surface area contributed by atoms with Gasteiger partial charge in [-0.25, -0.2) is 0 Å². The quantitative estimate of drug-likeness (QED) is 0.761. The maximum atomic E-state index is 2.74. The predicted octanol–water partition coefficient (Wildman–Crippen LogP) is 2.25. The van der Waals surface area contributed by atoms with Gasteiger partial charge in [0.05, 0.1) is 0 Å².